The van der Waals surface area contributed by atoms with Crippen LogP contribution in [0.15, 0.2) is 35.6 Å². The molecule has 0 radical (unpaired) electrons. The molecule has 1 aromatic heterocycles. The van der Waals surface area contributed by atoms with Gasteiger partial charge >= 0.3 is 0 Å². The molecule has 0 saturated heterocycles. The molecule has 5 nitrogen and oxygen atoms in total. The Morgan fingerprint density at radius 3 is 2.56 bits per heavy atom. The second-order valence-corrected chi connectivity index (χ2v) is 6.26. The maximum absolute atomic E-state index is 10.1. The van der Waals surface area contributed by atoms with Gasteiger partial charge in [0.1, 0.15) is 17.2 Å². The number of hydrogen-bond acceptors (Lipinski definition) is 4. The van der Waals surface area contributed by atoms with Gasteiger partial charge < -0.3 is 9.84 Å². The summed E-state index contributed by atoms with van der Waals surface area (Å²) in [5.74, 6) is 0.863. The van der Waals surface area contributed by atoms with Gasteiger partial charge in [-0.2, -0.15) is 5.10 Å². The molecule has 0 atom stereocenters. The van der Waals surface area contributed by atoms with Crippen molar-refractivity contribution in [3.63, 3.8) is 0 Å². The van der Waals surface area contributed by atoms with Crippen LogP contribution < -0.4 is 4.74 Å². The van der Waals surface area contributed by atoms with Crippen LogP contribution in [0.4, 0.5) is 5.69 Å². The molecule has 136 valence electrons. The van der Waals surface area contributed by atoms with Gasteiger partial charge in [-0.25, -0.2) is 0 Å². The van der Waals surface area contributed by atoms with Crippen molar-refractivity contribution in [1.82, 2.24) is 10.2 Å². The molecular weight excluding hydrogens is 314 g/mol. The minimum absolute atomic E-state index is 0.167. The van der Waals surface area contributed by atoms with Crippen molar-refractivity contribution in [3.8, 4) is 11.5 Å². The number of aliphatic imine (C=N–C) groups is 1. The van der Waals surface area contributed by atoms with Gasteiger partial charge in [0.25, 0.3) is 0 Å². The zero-order valence-electron chi connectivity index (χ0n) is 15.1. The molecule has 0 aliphatic heterocycles. The molecule has 2 N–H and O–H groups in total. The SMILES string of the molecule is CCCCCCCCCCOc1ccc(C=Nc2cn[nH]c2)c(O)c1. The second-order valence-electron chi connectivity index (χ2n) is 6.26. The Bertz CT molecular complexity index is 624. The van der Waals surface area contributed by atoms with E-state index in [1.54, 1.807) is 24.7 Å². The average molecular weight is 343 g/mol. The number of rotatable bonds is 12. The molecule has 0 aliphatic carbocycles. The summed E-state index contributed by atoms with van der Waals surface area (Å²) >= 11 is 0. The van der Waals surface area contributed by atoms with Crippen LogP contribution >= 0.6 is 0 Å². The van der Waals surface area contributed by atoms with E-state index >= 15 is 0 Å². The Morgan fingerprint density at radius 1 is 1.12 bits per heavy atom. The number of aromatic amines is 1. The standard InChI is InChI=1S/C20H29N3O2/c1-2-3-4-5-6-7-8-9-12-25-19-11-10-17(20(24)13-19)14-21-18-15-22-23-16-18/h10-11,13-16,24H,2-9,12H2,1H3,(H,22,23). The van der Waals surface area contributed by atoms with Crippen molar-refractivity contribution in [2.75, 3.05) is 6.61 Å². The predicted molar refractivity (Wildman–Crippen MR) is 102 cm³/mol. The minimum Gasteiger partial charge on any atom is -0.507 e. The lowest BCUT2D eigenvalue weighted by Crippen LogP contribution is -1.97. The summed E-state index contributed by atoms with van der Waals surface area (Å²) in [6.07, 6.45) is 15.2. The van der Waals surface area contributed by atoms with Gasteiger partial charge in [-0.05, 0) is 18.6 Å². The fourth-order valence-electron chi connectivity index (χ4n) is 2.61. The first kappa shape index (κ1) is 19.0. The highest BCUT2D eigenvalue weighted by Crippen LogP contribution is 2.23. The van der Waals surface area contributed by atoms with Gasteiger partial charge in [0.05, 0.1) is 12.8 Å². The van der Waals surface area contributed by atoms with E-state index in [9.17, 15) is 5.11 Å². The highest BCUT2D eigenvalue weighted by molar-refractivity contribution is 5.85. The smallest absolute Gasteiger partial charge is 0.128 e. The van der Waals surface area contributed by atoms with Crippen molar-refractivity contribution >= 4 is 11.9 Å². The van der Waals surface area contributed by atoms with Crippen molar-refractivity contribution in [2.45, 2.75) is 58.3 Å². The summed E-state index contributed by atoms with van der Waals surface area (Å²) in [5, 5.41) is 16.6. The molecule has 0 fully saturated rings. The number of phenolic OH excluding ortho intramolecular Hbond substituents is 1. The first-order valence-corrected chi connectivity index (χ1v) is 9.28. The molecule has 0 amide bonds. The van der Waals surface area contributed by atoms with Crippen LogP contribution in [0.5, 0.6) is 11.5 Å². The average Bonchev–Trinajstić information content (AvgIpc) is 3.13. The van der Waals surface area contributed by atoms with Gasteiger partial charge in [0, 0.05) is 24.0 Å². The number of benzene rings is 1. The molecule has 25 heavy (non-hydrogen) atoms. The molecule has 5 heteroatoms. The monoisotopic (exact) mass is 343 g/mol. The number of nitrogens with one attached hydrogen (secondary N) is 1. The normalized spacial score (nSPS) is 11.2. The van der Waals surface area contributed by atoms with E-state index < -0.39 is 0 Å². The fraction of sp³-hybridized carbons (Fsp3) is 0.500. The van der Waals surface area contributed by atoms with Gasteiger partial charge in [0.2, 0.25) is 0 Å². The largest absolute Gasteiger partial charge is 0.507 e. The van der Waals surface area contributed by atoms with E-state index in [1.807, 2.05) is 12.1 Å². The third-order valence-electron chi connectivity index (χ3n) is 4.11. The van der Waals surface area contributed by atoms with E-state index in [2.05, 4.69) is 22.1 Å². The molecule has 0 aliphatic rings. The van der Waals surface area contributed by atoms with E-state index in [0.717, 1.165) is 12.1 Å². The molecule has 2 aromatic rings. The van der Waals surface area contributed by atoms with Gasteiger partial charge in [-0.15, -0.1) is 0 Å². The fourth-order valence-corrected chi connectivity index (χ4v) is 2.61. The summed E-state index contributed by atoms with van der Waals surface area (Å²) < 4.78 is 5.72. The molecule has 2 rings (SSSR count). The molecule has 0 spiro atoms. The topological polar surface area (TPSA) is 70.5 Å². The molecule has 0 saturated carbocycles. The summed E-state index contributed by atoms with van der Waals surface area (Å²) in [4.78, 5) is 4.23. The van der Waals surface area contributed by atoms with Crippen LogP contribution in [0, 0.1) is 0 Å². The lowest BCUT2D eigenvalue weighted by atomic mass is 10.1. The van der Waals surface area contributed by atoms with Gasteiger partial charge in [-0.3, -0.25) is 10.1 Å². The highest BCUT2D eigenvalue weighted by Gasteiger charge is 2.02. The van der Waals surface area contributed by atoms with E-state index in [4.69, 9.17) is 4.74 Å². The van der Waals surface area contributed by atoms with E-state index in [1.165, 1.54) is 44.9 Å². The first-order valence-electron chi connectivity index (χ1n) is 9.28. The number of nitrogens with zero attached hydrogens (tertiary/aromatic N) is 2. The summed E-state index contributed by atoms with van der Waals surface area (Å²) in [6, 6.07) is 5.31. The van der Waals surface area contributed by atoms with E-state index in [0.29, 0.717) is 17.9 Å². The van der Waals surface area contributed by atoms with Crippen LogP contribution in [-0.2, 0) is 0 Å². The number of aromatic nitrogens is 2. The Hall–Kier alpha value is -2.30. The van der Waals surface area contributed by atoms with Crippen molar-refractivity contribution in [1.29, 1.82) is 0 Å². The number of hydrogen-bond donors (Lipinski definition) is 2. The molecule has 1 aromatic carbocycles. The molecule has 0 bridgehead atoms. The Morgan fingerprint density at radius 2 is 1.88 bits per heavy atom. The minimum atomic E-state index is 0.167. The summed E-state index contributed by atoms with van der Waals surface area (Å²) in [6.45, 7) is 2.94. The van der Waals surface area contributed by atoms with Crippen LogP contribution in [0.25, 0.3) is 0 Å². The lowest BCUT2D eigenvalue weighted by molar-refractivity contribution is 0.302. The molecular formula is C20H29N3O2. The molecule has 0 unspecified atom stereocenters. The molecule has 1 heterocycles. The van der Waals surface area contributed by atoms with Crippen LogP contribution in [0.2, 0.25) is 0 Å². The number of ether oxygens (including phenoxy) is 1. The summed E-state index contributed by atoms with van der Waals surface area (Å²) in [5.41, 5.74) is 1.37. The Labute approximate surface area is 150 Å². The Balaban J connectivity index is 1.65. The van der Waals surface area contributed by atoms with Crippen molar-refractivity contribution < 1.29 is 9.84 Å². The quantitative estimate of drug-likeness (QED) is 0.401. The highest BCUT2D eigenvalue weighted by atomic mass is 16.5. The number of phenols is 1. The number of H-pyrrole nitrogens is 1. The number of aromatic hydroxyl groups is 1. The predicted octanol–water partition coefficient (Wildman–Crippen LogP) is 5.39. The first-order chi connectivity index (χ1) is 12.3. The zero-order valence-corrected chi connectivity index (χ0v) is 15.1. The zero-order chi connectivity index (χ0) is 17.7. The maximum Gasteiger partial charge on any atom is 0.128 e. The van der Waals surface area contributed by atoms with Gasteiger partial charge in [0.15, 0.2) is 0 Å². The van der Waals surface area contributed by atoms with Crippen molar-refractivity contribution in [3.05, 3.63) is 36.2 Å². The Kier molecular flexibility index (Phi) is 8.59. The van der Waals surface area contributed by atoms with Crippen LogP contribution in [0.1, 0.15) is 63.9 Å². The number of unbranched alkanes of at least 4 members (excludes halogenated alkanes) is 7. The third-order valence-corrected chi connectivity index (χ3v) is 4.11. The summed E-state index contributed by atoms with van der Waals surface area (Å²) in [7, 11) is 0. The van der Waals surface area contributed by atoms with E-state index in [-0.39, 0.29) is 5.75 Å². The lowest BCUT2D eigenvalue weighted by Gasteiger charge is -2.07. The van der Waals surface area contributed by atoms with Crippen LogP contribution in [-0.4, -0.2) is 28.1 Å². The van der Waals surface area contributed by atoms with Crippen LogP contribution in [0.3, 0.4) is 0 Å². The maximum atomic E-state index is 10.1. The second kappa shape index (κ2) is 11.3. The van der Waals surface area contributed by atoms with Gasteiger partial charge in [-0.1, -0.05) is 51.9 Å². The van der Waals surface area contributed by atoms with Crippen molar-refractivity contribution in [2.24, 2.45) is 4.99 Å². The third kappa shape index (κ3) is 7.42.